The van der Waals surface area contributed by atoms with Crippen molar-refractivity contribution in [1.82, 2.24) is 10.3 Å². The normalized spacial score (nSPS) is 19.8. The van der Waals surface area contributed by atoms with Crippen LogP contribution in [0.5, 0.6) is 0 Å². The Balaban J connectivity index is 1.92. The van der Waals surface area contributed by atoms with Gasteiger partial charge < -0.3 is 10.2 Å². The Kier molecular flexibility index (Phi) is 5.01. The first kappa shape index (κ1) is 13.8. The van der Waals surface area contributed by atoms with Gasteiger partial charge in [0.15, 0.2) is 0 Å². The predicted molar refractivity (Wildman–Crippen MR) is 80.0 cm³/mol. The fraction of sp³-hybridized carbons (Fsp3) is 0.643. The van der Waals surface area contributed by atoms with Crippen molar-refractivity contribution in [3.8, 4) is 0 Å². The Bertz CT molecular complexity index is 364. The van der Waals surface area contributed by atoms with Crippen LogP contribution in [0.3, 0.4) is 0 Å². The van der Waals surface area contributed by atoms with E-state index >= 15 is 0 Å². The molecule has 1 N–H and O–H groups in total. The second-order valence-electron chi connectivity index (χ2n) is 5.38. The van der Waals surface area contributed by atoms with E-state index in [-0.39, 0.29) is 0 Å². The number of hydrogen-bond donors (Lipinski definition) is 1. The average molecular weight is 312 g/mol. The lowest BCUT2D eigenvalue weighted by molar-refractivity contribution is 0.511. The number of nitrogens with zero attached hydrogens (tertiary/aromatic N) is 2. The zero-order valence-corrected chi connectivity index (χ0v) is 12.8. The monoisotopic (exact) mass is 311 g/mol. The second kappa shape index (κ2) is 6.53. The van der Waals surface area contributed by atoms with Crippen LogP contribution >= 0.6 is 15.9 Å². The highest BCUT2D eigenvalue weighted by molar-refractivity contribution is 9.10. The second-order valence-corrected chi connectivity index (χ2v) is 6.29. The van der Waals surface area contributed by atoms with Crippen LogP contribution in [0.2, 0.25) is 0 Å². The molecule has 2 rings (SSSR count). The molecular weight excluding hydrogens is 290 g/mol. The molecule has 0 bridgehead atoms. The molecule has 0 saturated carbocycles. The largest absolute Gasteiger partial charge is 0.352 e. The van der Waals surface area contributed by atoms with Gasteiger partial charge in [-0.2, -0.15) is 0 Å². The molecule has 1 atom stereocenters. The van der Waals surface area contributed by atoms with Crippen molar-refractivity contribution in [2.45, 2.75) is 32.7 Å². The SMILES string of the molecule is CC(C)CNCC1CCCN1c1ccc(Br)cn1. The highest BCUT2D eigenvalue weighted by atomic mass is 79.9. The average Bonchev–Trinajstić information content (AvgIpc) is 2.78. The van der Waals surface area contributed by atoms with E-state index in [0.29, 0.717) is 12.0 Å². The lowest BCUT2D eigenvalue weighted by Crippen LogP contribution is -2.39. The van der Waals surface area contributed by atoms with Crippen molar-refractivity contribution >= 4 is 21.7 Å². The Morgan fingerprint density at radius 3 is 3.00 bits per heavy atom. The highest BCUT2D eigenvalue weighted by Crippen LogP contribution is 2.24. The molecule has 1 aliphatic heterocycles. The first-order valence-corrected chi connectivity index (χ1v) is 7.55. The number of aromatic nitrogens is 1. The Morgan fingerprint density at radius 1 is 1.50 bits per heavy atom. The van der Waals surface area contributed by atoms with E-state index in [1.165, 1.54) is 12.8 Å². The molecule has 2 heterocycles. The van der Waals surface area contributed by atoms with Gasteiger partial charge in [0.2, 0.25) is 0 Å². The topological polar surface area (TPSA) is 28.2 Å². The maximum Gasteiger partial charge on any atom is 0.128 e. The van der Waals surface area contributed by atoms with Gasteiger partial charge in [-0.3, -0.25) is 0 Å². The summed E-state index contributed by atoms with van der Waals surface area (Å²) in [6, 6.07) is 4.77. The highest BCUT2D eigenvalue weighted by Gasteiger charge is 2.25. The summed E-state index contributed by atoms with van der Waals surface area (Å²) < 4.78 is 1.04. The molecule has 100 valence electrons. The third-order valence-corrected chi connectivity index (χ3v) is 3.78. The molecule has 0 radical (unpaired) electrons. The van der Waals surface area contributed by atoms with Gasteiger partial charge in [0.25, 0.3) is 0 Å². The summed E-state index contributed by atoms with van der Waals surface area (Å²) in [5.41, 5.74) is 0. The molecular formula is C14H22BrN3. The summed E-state index contributed by atoms with van der Waals surface area (Å²) in [5, 5.41) is 3.56. The van der Waals surface area contributed by atoms with E-state index < -0.39 is 0 Å². The lowest BCUT2D eigenvalue weighted by atomic mass is 10.2. The summed E-state index contributed by atoms with van der Waals surface area (Å²) in [6.45, 7) is 7.78. The molecule has 0 aliphatic carbocycles. The molecule has 1 aromatic rings. The Morgan fingerprint density at radius 2 is 2.33 bits per heavy atom. The molecule has 0 aromatic carbocycles. The first-order valence-electron chi connectivity index (χ1n) is 6.75. The predicted octanol–water partition coefficient (Wildman–Crippen LogP) is 3.06. The third kappa shape index (κ3) is 3.69. The minimum Gasteiger partial charge on any atom is -0.352 e. The summed E-state index contributed by atoms with van der Waals surface area (Å²) in [5.74, 6) is 1.82. The van der Waals surface area contributed by atoms with Gasteiger partial charge in [0, 0.05) is 29.8 Å². The molecule has 1 fully saturated rings. The third-order valence-electron chi connectivity index (χ3n) is 3.32. The molecule has 0 amide bonds. The maximum absolute atomic E-state index is 4.50. The van der Waals surface area contributed by atoms with Gasteiger partial charge in [-0.1, -0.05) is 13.8 Å². The van der Waals surface area contributed by atoms with Gasteiger partial charge >= 0.3 is 0 Å². The first-order chi connectivity index (χ1) is 8.66. The van der Waals surface area contributed by atoms with Crippen molar-refractivity contribution in [2.24, 2.45) is 5.92 Å². The number of nitrogens with one attached hydrogen (secondary N) is 1. The number of halogens is 1. The standard InChI is InChI=1S/C14H22BrN3/c1-11(2)8-16-10-13-4-3-7-18(13)14-6-5-12(15)9-17-14/h5-6,9,11,13,16H,3-4,7-8,10H2,1-2H3. The van der Waals surface area contributed by atoms with Crippen LogP contribution < -0.4 is 10.2 Å². The molecule has 18 heavy (non-hydrogen) atoms. The van der Waals surface area contributed by atoms with Crippen LogP contribution in [0.25, 0.3) is 0 Å². The van der Waals surface area contributed by atoms with Gasteiger partial charge in [0.1, 0.15) is 5.82 Å². The van der Waals surface area contributed by atoms with Crippen molar-refractivity contribution in [1.29, 1.82) is 0 Å². The molecule has 1 saturated heterocycles. The van der Waals surface area contributed by atoms with Gasteiger partial charge in [0.05, 0.1) is 0 Å². The van der Waals surface area contributed by atoms with E-state index in [4.69, 9.17) is 0 Å². The van der Waals surface area contributed by atoms with E-state index in [2.05, 4.69) is 57.1 Å². The minimum atomic E-state index is 0.595. The van der Waals surface area contributed by atoms with Crippen molar-refractivity contribution in [2.75, 3.05) is 24.5 Å². The van der Waals surface area contributed by atoms with Crippen LogP contribution in [-0.2, 0) is 0 Å². The molecule has 1 aliphatic rings. The number of anilines is 1. The smallest absolute Gasteiger partial charge is 0.128 e. The fourth-order valence-electron chi connectivity index (χ4n) is 2.43. The molecule has 0 spiro atoms. The Hall–Kier alpha value is -0.610. The van der Waals surface area contributed by atoms with Crippen LogP contribution in [0.15, 0.2) is 22.8 Å². The summed E-state index contributed by atoms with van der Waals surface area (Å²) >= 11 is 3.43. The zero-order chi connectivity index (χ0) is 13.0. The number of rotatable bonds is 5. The van der Waals surface area contributed by atoms with Crippen LogP contribution in [0.4, 0.5) is 5.82 Å². The van der Waals surface area contributed by atoms with E-state index in [9.17, 15) is 0 Å². The maximum atomic E-state index is 4.50. The lowest BCUT2D eigenvalue weighted by Gasteiger charge is -2.26. The summed E-state index contributed by atoms with van der Waals surface area (Å²) in [7, 11) is 0. The zero-order valence-electron chi connectivity index (χ0n) is 11.2. The van der Waals surface area contributed by atoms with Crippen LogP contribution in [-0.4, -0.2) is 30.7 Å². The van der Waals surface area contributed by atoms with Crippen LogP contribution in [0.1, 0.15) is 26.7 Å². The van der Waals surface area contributed by atoms with Gasteiger partial charge in [-0.15, -0.1) is 0 Å². The van der Waals surface area contributed by atoms with Gasteiger partial charge in [-0.05, 0) is 53.4 Å². The molecule has 3 nitrogen and oxygen atoms in total. The molecule has 1 unspecified atom stereocenters. The number of pyridine rings is 1. The van der Waals surface area contributed by atoms with Gasteiger partial charge in [-0.25, -0.2) is 4.98 Å². The van der Waals surface area contributed by atoms with E-state index in [1.54, 1.807) is 0 Å². The molecule has 1 aromatic heterocycles. The Labute approximate surface area is 118 Å². The molecule has 4 heteroatoms. The quantitative estimate of drug-likeness (QED) is 0.906. The van der Waals surface area contributed by atoms with Crippen molar-refractivity contribution in [3.63, 3.8) is 0 Å². The van der Waals surface area contributed by atoms with Crippen molar-refractivity contribution in [3.05, 3.63) is 22.8 Å². The van der Waals surface area contributed by atoms with E-state index in [1.807, 2.05) is 6.20 Å². The van der Waals surface area contributed by atoms with E-state index in [0.717, 1.165) is 29.9 Å². The van der Waals surface area contributed by atoms with Crippen LogP contribution in [0, 0.1) is 5.92 Å². The number of hydrogen-bond acceptors (Lipinski definition) is 3. The summed E-state index contributed by atoms with van der Waals surface area (Å²) in [4.78, 5) is 6.94. The van der Waals surface area contributed by atoms with Crippen molar-refractivity contribution < 1.29 is 0 Å². The minimum absolute atomic E-state index is 0.595. The fourth-order valence-corrected chi connectivity index (χ4v) is 2.66. The summed E-state index contributed by atoms with van der Waals surface area (Å²) in [6.07, 6.45) is 4.42.